The molecule has 7 heteroatoms. The molecule has 7 nitrogen and oxygen atoms in total. The van der Waals surface area contributed by atoms with Crippen LogP contribution in [-0.2, 0) is 11.2 Å². The fraction of sp³-hybridized carbons (Fsp3) is 0.429. The second kappa shape index (κ2) is 17.3. The summed E-state index contributed by atoms with van der Waals surface area (Å²) < 4.78 is 6.05. The van der Waals surface area contributed by atoms with Crippen LogP contribution in [0.1, 0.15) is 117 Å². The molecular weight excluding hydrogens is 697 g/mol. The molecule has 6 unspecified atom stereocenters. The van der Waals surface area contributed by atoms with Crippen LogP contribution < -0.4 is 5.32 Å². The van der Waals surface area contributed by atoms with Gasteiger partial charge in [-0.3, -0.25) is 4.79 Å². The summed E-state index contributed by atoms with van der Waals surface area (Å²) in [4.78, 5) is 30.7. The highest BCUT2D eigenvalue weighted by atomic mass is 16.5. The molecule has 1 saturated heterocycles. The molecule has 1 heterocycles. The van der Waals surface area contributed by atoms with Crippen molar-refractivity contribution in [1.29, 1.82) is 0 Å². The topological polar surface area (TPSA) is 99.1 Å². The third kappa shape index (κ3) is 8.71. The van der Waals surface area contributed by atoms with Crippen LogP contribution in [0.2, 0.25) is 0 Å². The number of carbonyl (C=O) groups excluding carboxylic acids is 2. The molecule has 1 aliphatic heterocycles. The van der Waals surface area contributed by atoms with Crippen molar-refractivity contribution >= 4 is 11.8 Å². The summed E-state index contributed by atoms with van der Waals surface area (Å²) in [5.74, 6) is -0.215. The summed E-state index contributed by atoms with van der Waals surface area (Å²) in [6.45, 7) is 7.51. The van der Waals surface area contributed by atoms with Crippen molar-refractivity contribution in [2.45, 2.75) is 108 Å². The number of aliphatic hydroxyl groups excluding tert-OH is 1. The maximum atomic E-state index is 14.7. The fourth-order valence-electron chi connectivity index (χ4n) is 9.47. The highest BCUT2D eigenvalue weighted by molar-refractivity contribution is 6.10. The van der Waals surface area contributed by atoms with E-state index in [2.05, 4.69) is 49.5 Å². The molecule has 4 aromatic carbocycles. The molecule has 6 atom stereocenters. The van der Waals surface area contributed by atoms with Gasteiger partial charge in [-0.15, -0.1) is 0 Å². The number of ketones is 1. The molecule has 3 N–H and O–H groups in total. The van der Waals surface area contributed by atoms with Gasteiger partial charge in [0.1, 0.15) is 0 Å². The Morgan fingerprint density at radius 1 is 0.911 bits per heavy atom. The first-order chi connectivity index (χ1) is 27.0. The first kappa shape index (κ1) is 39.7. The Bertz CT molecular complexity index is 1990. The van der Waals surface area contributed by atoms with Gasteiger partial charge in [0, 0.05) is 29.7 Å². The fourth-order valence-corrected chi connectivity index (χ4v) is 9.47. The Morgan fingerprint density at radius 2 is 1.62 bits per heavy atom. The Labute approximate surface area is 332 Å². The molecule has 294 valence electrons. The number of fused-ring (bicyclic) bond motifs is 8. The van der Waals surface area contributed by atoms with Crippen molar-refractivity contribution in [3.05, 3.63) is 143 Å². The minimum atomic E-state index is -1.24. The largest absolute Gasteiger partial charge is 0.393 e. The van der Waals surface area contributed by atoms with Gasteiger partial charge in [0.2, 0.25) is 0 Å². The van der Waals surface area contributed by atoms with Crippen LogP contribution in [0.4, 0.5) is 4.79 Å². The predicted molar refractivity (Wildman–Crippen MR) is 223 cm³/mol. The Balaban J connectivity index is 1.25. The predicted octanol–water partition coefficient (Wildman–Crippen LogP) is 9.57. The van der Waals surface area contributed by atoms with Crippen molar-refractivity contribution in [2.24, 2.45) is 5.41 Å². The maximum absolute atomic E-state index is 14.7. The second-order valence-electron chi connectivity index (χ2n) is 16.8. The van der Waals surface area contributed by atoms with E-state index in [1.807, 2.05) is 85.8 Å². The lowest BCUT2D eigenvalue weighted by atomic mass is 9.64. The lowest BCUT2D eigenvalue weighted by Gasteiger charge is -2.46. The molecule has 0 aromatic heterocycles. The summed E-state index contributed by atoms with van der Waals surface area (Å²) in [6.07, 6.45) is 7.90. The summed E-state index contributed by atoms with van der Waals surface area (Å²) in [5.41, 5.74) is 5.52. The lowest BCUT2D eigenvalue weighted by Crippen LogP contribution is -2.56. The maximum Gasteiger partial charge on any atom is 0.318 e. The minimum Gasteiger partial charge on any atom is -0.393 e. The van der Waals surface area contributed by atoms with E-state index in [1.54, 1.807) is 4.90 Å². The van der Waals surface area contributed by atoms with Crippen LogP contribution in [0.25, 0.3) is 11.1 Å². The van der Waals surface area contributed by atoms with Gasteiger partial charge in [-0.05, 0) is 111 Å². The zero-order chi connectivity index (χ0) is 39.3. The molecule has 4 aromatic rings. The number of aliphatic hydroxyl groups is 2. The molecule has 2 bridgehead atoms. The van der Waals surface area contributed by atoms with Crippen LogP contribution in [-0.4, -0.2) is 64.4 Å². The molecule has 4 aliphatic rings. The number of ether oxygens (including phenoxy) is 1. The van der Waals surface area contributed by atoms with Crippen molar-refractivity contribution in [3.63, 3.8) is 0 Å². The number of hydrogen-bond acceptors (Lipinski definition) is 5. The average Bonchev–Trinajstić information content (AvgIpc) is 3.82. The lowest BCUT2D eigenvalue weighted by molar-refractivity contribution is -0.0808. The van der Waals surface area contributed by atoms with Crippen LogP contribution in [0.15, 0.2) is 115 Å². The van der Waals surface area contributed by atoms with E-state index in [0.717, 1.165) is 53.5 Å². The average molecular weight is 755 g/mol. The first-order valence-corrected chi connectivity index (χ1v) is 20.6. The van der Waals surface area contributed by atoms with Crippen LogP contribution in [0, 0.1) is 5.41 Å². The van der Waals surface area contributed by atoms with Gasteiger partial charge in [-0.1, -0.05) is 116 Å². The van der Waals surface area contributed by atoms with Crippen LogP contribution >= 0.6 is 0 Å². The van der Waals surface area contributed by atoms with Crippen molar-refractivity contribution < 1.29 is 24.5 Å². The Hall–Kier alpha value is -4.56. The molecule has 0 radical (unpaired) electrons. The molecule has 0 spiro atoms. The van der Waals surface area contributed by atoms with E-state index in [0.29, 0.717) is 56.4 Å². The SMILES string of the molecule is CC1=CCCC2(C)C(CCC2(O)CN(CC2CCCO2)C(=O)NC(C)c2ccccc2)c2ccc(cc2C(=O)c2ccc(-c3ccccc3)cc2)CC(O)CC1. The number of urea groups is 1. The summed E-state index contributed by atoms with van der Waals surface area (Å²) >= 11 is 0. The van der Waals surface area contributed by atoms with Crippen molar-refractivity contribution in [1.82, 2.24) is 10.2 Å². The van der Waals surface area contributed by atoms with Gasteiger partial charge in [0.25, 0.3) is 0 Å². The number of nitrogens with one attached hydrogen (secondary N) is 1. The van der Waals surface area contributed by atoms with Gasteiger partial charge >= 0.3 is 6.03 Å². The molecule has 3 aliphatic carbocycles. The Kier molecular flexibility index (Phi) is 12.2. The normalized spacial score (nSPS) is 25.8. The van der Waals surface area contributed by atoms with Crippen LogP contribution in [0.3, 0.4) is 0 Å². The van der Waals surface area contributed by atoms with Crippen molar-refractivity contribution in [2.75, 3.05) is 19.7 Å². The number of hydrogen-bond donors (Lipinski definition) is 3. The summed E-state index contributed by atoms with van der Waals surface area (Å²) in [5, 5.41) is 27.4. The third-order valence-corrected chi connectivity index (χ3v) is 13.0. The number of benzene rings is 4. The van der Waals surface area contributed by atoms with E-state index in [9.17, 15) is 19.8 Å². The van der Waals surface area contributed by atoms with Gasteiger partial charge in [-0.2, -0.15) is 0 Å². The summed E-state index contributed by atoms with van der Waals surface area (Å²) in [7, 11) is 0. The molecule has 2 fully saturated rings. The minimum absolute atomic E-state index is 0.0640. The van der Waals surface area contributed by atoms with Gasteiger partial charge in [0.05, 0.1) is 30.4 Å². The molecule has 2 amide bonds. The molecule has 8 rings (SSSR count). The standard InChI is InChI=1S/C49H58N2O5/c1-34-12-10-27-48(3)45(26-28-49(48,55)33-51(32-42-17-11-29-56-42)47(54)50-35(2)37-13-6-4-7-14-37)43-25-19-36(30-41(52)24-18-34)31-44(43)46(53)40-22-20-39(21-23-40)38-15-8-5-9-16-38/h4-9,12-16,19-23,25,31,35,41-42,45,52,55H,10-11,17-18,24,26-30,32-33H2,1-3H3,(H,50,54). The second-order valence-corrected chi connectivity index (χ2v) is 16.8. The highest BCUT2D eigenvalue weighted by Gasteiger charge is 2.58. The van der Waals surface area contributed by atoms with Crippen LogP contribution in [0.5, 0.6) is 0 Å². The number of allylic oxidation sites excluding steroid dienone is 2. The van der Waals surface area contributed by atoms with E-state index >= 15 is 0 Å². The Morgan fingerprint density at radius 3 is 2.34 bits per heavy atom. The van der Waals surface area contributed by atoms with E-state index in [-0.39, 0.29) is 36.4 Å². The number of carbonyl (C=O) groups is 2. The molecule has 1 saturated carbocycles. The third-order valence-electron chi connectivity index (χ3n) is 13.0. The van der Waals surface area contributed by atoms with E-state index in [4.69, 9.17) is 4.74 Å². The van der Waals surface area contributed by atoms with Gasteiger partial charge in [-0.25, -0.2) is 4.79 Å². The molecular formula is C49H58N2O5. The number of amides is 2. The molecule has 56 heavy (non-hydrogen) atoms. The number of nitrogens with zero attached hydrogens (tertiary/aromatic N) is 1. The van der Waals surface area contributed by atoms with Crippen molar-refractivity contribution in [3.8, 4) is 11.1 Å². The van der Waals surface area contributed by atoms with Gasteiger partial charge in [0.15, 0.2) is 5.78 Å². The highest BCUT2D eigenvalue weighted by Crippen LogP contribution is 2.59. The zero-order valence-corrected chi connectivity index (χ0v) is 33.3. The quantitative estimate of drug-likeness (QED) is 0.117. The van der Waals surface area contributed by atoms with Gasteiger partial charge < -0.3 is 25.2 Å². The smallest absolute Gasteiger partial charge is 0.318 e. The monoisotopic (exact) mass is 754 g/mol. The first-order valence-electron chi connectivity index (χ1n) is 20.6. The number of rotatable bonds is 9. The van der Waals surface area contributed by atoms with E-state index in [1.165, 1.54) is 5.57 Å². The van der Waals surface area contributed by atoms with E-state index < -0.39 is 17.1 Å². The summed E-state index contributed by atoms with van der Waals surface area (Å²) in [6, 6.07) is 33.6. The zero-order valence-electron chi connectivity index (χ0n) is 33.3.